The van der Waals surface area contributed by atoms with Crippen LogP contribution in [0.15, 0.2) is 60.7 Å². The van der Waals surface area contributed by atoms with Crippen LogP contribution >= 0.6 is 0 Å². The van der Waals surface area contributed by atoms with Crippen molar-refractivity contribution >= 4 is 17.7 Å². The number of nitrogens with two attached hydrogens (primary N) is 1. The molecule has 0 radical (unpaired) electrons. The second kappa shape index (κ2) is 10.1. The molecule has 2 aromatic carbocycles. The number of carbonyl (C=O) groups is 3. The van der Waals surface area contributed by atoms with Gasteiger partial charge >= 0.3 is 11.9 Å². The summed E-state index contributed by atoms with van der Waals surface area (Å²) in [6, 6.07) is 16.8. The molecular formula is C20H21NO5. The summed E-state index contributed by atoms with van der Waals surface area (Å²) in [5.74, 6) is -1.48. The van der Waals surface area contributed by atoms with Crippen LogP contribution in [-0.2, 0) is 25.7 Å². The molecule has 26 heavy (non-hydrogen) atoms. The summed E-state index contributed by atoms with van der Waals surface area (Å²) in [4.78, 5) is 35.4. The van der Waals surface area contributed by atoms with Gasteiger partial charge in [0.05, 0.1) is 0 Å². The summed E-state index contributed by atoms with van der Waals surface area (Å²) in [7, 11) is 0. The van der Waals surface area contributed by atoms with Crippen LogP contribution in [0.4, 0.5) is 0 Å². The summed E-state index contributed by atoms with van der Waals surface area (Å²) in [6.07, 6.45) is 0.0850. The number of hydrogen-bond donors (Lipinski definition) is 1. The number of carbonyl (C=O) groups excluding carboxylic acids is 3. The first kappa shape index (κ1) is 19.3. The van der Waals surface area contributed by atoms with Crippen molar-refractivity contribution in [3.8, 4) is 0 Å². The largest absolute Gasteiger partial charge is 0.461 e. The lowest BCUT2D eigenvalue weighted by atomic mass is 10.1. The average molecular weight is 355 g/mol. The highest BCUT2D eigenvalue weighted by molar-refractivity contribution is 5.98. The van der Waals surface area contributed by atoms with Gasteiger partial charge in [-0.3, -0.25) is 14.4 Å². The molecule has 0 fully saturated rings. The summed E-state index contributed by atoms with van der Waals surface area (Å²) in [5, 5.41) is 0. The van der Waals surface area contributed by atoms with Crippen LogP contribution in [0.5, 0.6) is 0 Å². The van der Waals surface area contributed by atoms with Gasteiger partial charge in [-0.25, -0.2) is 0 Å². The molecule has 136 valence electrons. The average Bonchev–Trinajstić information content (AvgIpc) is 2.69. The minimum atomic E-state index is -0.983. The Kier molecular flexibility index (Phi) is 7.51. The van der Waals surface area contributed by atoms with Crippen molar-refractivity contribution in [2.45, 2.75) is 25.5 Å². The van der Waals surface area contributed by atoms with Gasteiger partial charge in [-0.05, 0) is 12.0 Å². The minimum absolute atomic E-state index is 0.00423. The number of ether oxygens (including phenoxy) is 2. The van der Waals surface area contributed by atoms with Gasteiger partial charge < -0.3 is 15.2 Å². The van der Waals surface area contributed by atoms with Gasteiger partial charge in [0.1, 0.15) is 12.6 Å². The van der Waals surface area contributed by atoms with E-state index >= 15 is 0 Å². The molecule has 0 aliphatic rings. The van der Waals surface area contributed by atoms with E-state index in [9.17, 15) is 14.4 Å². The first-order valence-electron chi connectivity index (χ1n) is 8.26. The van der Waals surface area contributed by atoms with E-state index < -0.39 is 18.0 Å². The molecule has 0 spiro atoms. The van der Waals surface area contributed by atoms with Crippen LogP contribution in [0.3, 0.4) is 0 Å². The van der Waals surface area contributed by atoms with Gasteiger partial charge in [0.25, 0.3) is 0 Å². The predicted octanol–water partition coefficient (Wildman–Crippen LogP) is 2.26. The molecule has 6 nitrogen and oxygen atoms in total. The molecule has 2 rings (SSSR count). The second-order valence-electron chi connectivity index (χ2n) is 5.69. The molecule has 6 heteroatoms. The SMILES string of the molecule is N[C@H](CCC(=O)OCc1ccccc1)C(=O)OCC(=O)c1ccccc1. The quantitative estimate of drug-likeness (QED) is 0.547. The smallest absolute Gasteiger partial charge is 0.323 e. The third-order valence-electron chi connectivity index (χ3n) is 3.65. The van der Waals surface area contributed by atoms with Gasteiger partial charge in [-0.2, -0.15) is 0 Å². The molecule has 0 bridgehead atoms. The number of ketones is 1. The fourth-order valence-corrected chi connectivity index (χ4v) is 2.15. The highest BCUT2D eigenvalue weighted by Crippen LogP contribution is 2.05. The van der Waals surface area contributed by atoms with Crippen molar-refractivity contribution in [1.82, 2.24) is 0 Å². The second-order valence-corrected chi connectivity index (χ2v) is 5.69. The highest BCUT2D eigenvalue weighted by atomic mass is 16.5. The Hall–Kier alpha value is -2.99. The maximum atomic E-state index is 11.9. The van der Waals surface area contributed by atoms with Crippen LogP contribution in [0.25, 0.3) is 0 Å². The van der Waals surface area contributed by atoms with Crippen molar-refractivity contribution in [2.24, 2.45) is 5.73 Å². The predicted molar refractivity (Wildman–Crippen MR) is 95.2 cm³/mol. The topological polar surface area (TPSA) is 95.7 Å². The van der Waals surface area contributed by atoms with Gasteiger partial charge in [0.15, 0.2) is 12.4 Å². The molecule has 0 saturated heterocycles. The van der Waals surface area contributed by atoms with Crippen LogP contribution in [0, 0.1) is 0 Å². The van der Waals surface area contributed by atoms with Gasteiger partial charge in [0.2, 0.25) is 0 Å². The first-order valence-corrected chi connectivity index (χ1v) is 8.26. The lowest BCUT2D eigenvalue weighted by Crippen LogP contribution is -2.34. The van der Waals surface area contributed by atoms with Crippen molar-refractivity contribution in [2.75, 3.05) is 6.61 Å². The number of benzene rings is 2. The lowest BCUT2D eigenvalue weighted by molar-refractivity contribution is -0.146. The van der Waals surface area contributed by atoms with E-state index in [1.54, 1.807) is 30.3 Å². The fraction of sp³-hybridized carbons (Fsp3) is 0.250. The van der Waals surface area contributed by atoms with Gasteiger partial charge in [0, 0.05) is 12.0 Å². The van der Waals surface area contributed by atoms with Crippen LogP contribution in [-0.4, -0.2) is 30.4 Å². The van der Waals surface area contributed by atoms with Gasteiger partial charge in [-0.15, -0.1) is 0 Å². The number of hydrogen-bond acceptors (Lipinski definition) is 6. The molecule has 0 aromatic heterocycles. The standard InChI is InChI=1S/C20H21NO5/c21-17(11-12-19(23)25-13-15-7-3-1-4-8-15)20(24)26-14-18(22)16-9-5-2-6-10-16/h1-10,17H,11-14,21H2/t17-/m1/s1. The zero-order valence-corrected chi connectivity index (χ0v) is 14.3. The fourth-order valence-electron chi connectivity index (χ4n) is 2.15. The van der Waals surface area contributed by atoms with E-state index in [2.05, 4.69) is 0 Å². The molecule has 0 aliphatic heterocycles. The van der Waals surface area contributed by atoms with E-state index in [4.69, 9.17) is 15.2 Å². The normalized spacial score (nSPS) is 11.4. The molecule has 1 atom stereocenters. The number of rotatable bonds is 9. The molecule has 0 saturated carbocycles. The van der Waals surface area contributed by atoms with Crippen molar-refractivity contribution in [3.63, 3.8) is 0 Å². The first-order chi connectivity index (χ1) is 12.6. The van der Waals surface area contributed by atoms with E-state index in [0.717, 1.165) is 5.56 Å². The molecule has 0 aliphatic carbocycles. The number of esters is 2. The highest BCUT2D eigenvalue weighted by Gasteiger charge is 2.18. The maximum Gasteiger partial charge on any atom is 0.323 e. The molecule has 0 unspecified atom stereocenters. The summed E-state index contributed by atoms with van der Waals surface area (Å²) in [5.41, 5.74) is 7.04. The van der Waals surface area contributed by atoms with Gasteiger partial charge in [-0.1, -0.05) is 60.7 Å². The Morgan fingerprint density at radius 3 is 2.15 bits per heavy atom. The lowest BCUT2D eigenvalue weighted by Gasteiger charge is -2.11. The van der Waals surface area contributed by atoms with Crippen LogP contribution in [0.1, 0.15) is 28.8 Å². The summed E-state index contributed by atoms with van der Waals surface area (Å²) in [6.45, 7) is -0.208. The zero-order valence-electron chi connectivity index (χ0n) is 14.3. The molecule has 0 amide bonds. The Balaban J connectivity index is 1.66. The molecule has 0 heterocycles. The van der Waals surface area contributed by atoms with Crippen molar-refractivity contribution in [3.05, 3.63) is 71.8 Å². The monoisotopic (exact) mass is 355 g/mol. The van der Waals surface area contributed by atoms with E-state index in [1.807, 2.05) is 30.3 Å². The van der Waals surface area contributed by atoms with E-state index in [0.29, 0.717) is 5.56 Å². The minimum Gasteiger partial charge on any atom is -0.461 e. The number of Topliss-reactive ketones (excluding diaryl/α,β-unsaturated/α-hetero) is 1. The Bertz CT molecular complexity index is 730. The molecule has 2 aromatic rings. The van der Waals surface area contributed by atoms with Crippen molar-refractivity contribution < 1.29 is 23.9 Å². The van der Waals surface area contributed by atoms with Crippen molar-refractivity contribution in [1.29, 1.82) is 0 Å². The zero-order chi connectivity index (χ0) is 18.8. The molecule has 2 N–H and O–H groups in total. The summed E-state index contributed by atoms with van der Waals surface area (Å²) < 4.78 is 10.0. The third kappa shape index (κ3) is 6.49. The van der Waals surface area contributed by atoms with Crippen LogP contribution < -0.4 is 5.73 Å². The van der Waals surface area contributed by atoms with E-state index in [1.165, 1.54) is 0 Å². The Morgan fingerprint density at radius 2 is 1.50 bits per heavy atom. The maximum absolute atomic E-state index is 11.9. The third-order valence-corrected chi connectivity index (χ3v) is 3.65. The van der Waals surface area contributed by atoms with Crippen LogP contribution in [0.2, 0.25) is 0 Å². The Morgan fingerprint density at radius 1 is 0.885 bits per heavy atom. The molecular weight excluding hydrogens is 334 g/mol. The Labute approximate surface area is 151 Å². The van der Waals surface area contributed by atoms with E-state index in [-0.39, 0.29) is 31.8 Å². The summed E-state index contributed by atoms with van der Waals surface area (Å²) >= 11 is 0.